The highest BCUT2D eigenvalue weighted by atomic mass is 16.5. The van der Waals surface area contributed by atoms with Crippen molar-refractivity contribution in [3.8, 4) is 0 Å². The fourth-order valence-corrected chi connectivity index (χ4v) is 3.15. The molecule has 1 aromatic heterocycles. The lowest BCUT2D eigenvalue weighted by atomic mass is 9.84. The van der Waals surface area contributed by atoms with E-state index in [1.54, 1.807) is 6.33 Å². The van der Waals surface area contributed by atoms with Gasteiger partial charge < -0.3 is 19.3 Å². The average Bonchev–Trinajstić information content (AvgIpc) is 2.45. The number of hydrogen-bond donors (Lipinski definition) is 0. The van der Waals surface area contributed by atoms with Gasteiger partial charge in [0.25, 0.3) is 0 Å². The molecule has 1 atom stereocenters. The summed E-state index contributed by atoms with van der Waals surface area (Å²) < 4.78 is 11.8. The summed E-state index contributed by atoms with van der Waals surface area (Å²) in [6.45, 7) is 5.41. The van der Waals surface area contributed by atoms with Crippen LogP contribution in [-0.2, 0) is 9.47 Å². The summed E-state index contributed by atoms with van der Waals surface area (Å²) in [6.07, 6.45) is 3.96. The van der Waals surface area contributed by atoms with Crippen LogP contribution < -0.4 is 9.80 Å². The molecule has 0 aliphatic carbocycles. The smallest absolute Gasteiger partial charge is 0.134 e. The molecular formula is C15H24N4O2. The summed E-state index contributed by atoms with van der Waals surface area (Å²) in [5, 5.41) is 0. The van der Waals surface area contributed by atoms with E-state index >= 15 is 0 Å². The van der Waals surface area contributed by atoms with Gasteiger partial charge in [-0.15, -0.1) is 0 Å². The third-order valence-corrected chi connectivity index (χ3v) is 4.23. The maximum Gasteiger partial charge on any atom is 0.134 e. The van der Waals surface area contributed by atoms with Crippen LogP contribution in [0.1, 0.15) is 19.8 Å². The van der Waals surface area contributed by atoms with E-state index in [4.69, 9.17) is 9.47 Å². The van der Waals surface area contributed by atoms with E-state index in [0.29, 0.717) is 6.10 Å². The molecule has 0 amide bonds. The van der Waals surface area contributed by atoms with E-state index in [0.717, 1.165) is 50.8 Å². The van der Waals surface area contributed by atoms with Crippen LogP contribution in [0, 0.1) is 0 Å². The first-order chi connectivity index (χ1) is 10.1. The van der Waals surface area contributed by atoms with Gasteiger partial charge >= 0.3 is 0 Å². The normalized spacial score (nSPS) is 24.0. The Morgan fingerprint density at radius 1 is 1.43 bits per heavy atom. The van der Waals surface area contributed by atoms with Crippen LogP contribution in [0.25, 0.3) is 0 Å². The monoisotopic (exact) mass is 292 g/mol. The van der Waals surface area contributed by atoms with Gasteiger partial charge in [-0.1, -0.05) is 0 Å². The van der Waals surface area contributed by atoms with Crippen molar-refractivity contribution in [2.24, 2.45) is 0 Å². The molecule has 0 bridgehead atoms. The highest BCUT2D eigenvalue weighted by Crippen LogP contribution is 2.37. The van der Waals surface area contributed by atoms with Gasteiger partial charge in [0.1, 0.15) is 23.6 Å². The topological polar surface area (TPSA) is 50.7 Å². The van der Waals surface area contributed by atoms with Gasteiger partial charge in [0.2, 0.25) is 0 Å². The van der Waals surface area contributed by atoms with Gasteiger partial charge in [-0.2, -0.15) is 0 Å². The predicted octanol–water partition coefficient (Wildman–Crippen LogP) is 1.32. The standard InChI is InChI=1S/C15H24N4O2/c1-4-20-12-5-6-21-15(8-12)9-19(10-15)14-7-13(18(2)3)16-11-17-14/h7,11-12H,4-6,8-10H2,1-3H3/t12-/m1/s1. The minimum absolute atomic E-state index is 0.0404. The molecule has 2 fully saturated rings. The Hall–Kier alpha value is -1.40. The Morgan fingerprint density at radius 3 is 2.95 bits per heavy atom. The highest BCUT2D eigenvalue weighted by Gasteiger charge is 2.48. The lowest BCUT2D eigenvalue weighted by molar-refractivity contribution is -0.144. The first-order valence-electron chi connectivity index (χ1n) is 7.62. The van der Waals surface area contributed by atoms with Crippen molar-refractivity contribution in [3.63, 3.8) is 0 Å². The molecule has 2 aliphatic rings. The van der Waals surface area contributed by atoms with Crippen LogP contribution in [0.2, 0.25) is 0 Å². The Bertz CT molecular complexity index is 486. The maximum atomic E-state index is 6.03. The molecule has 2 saturated heterocycles. The van der Waals surface area contributed by atoms with Gasteiger partial charge in [-0.25, -0.2) is 9.97 Å². The zero-order valence-electron chi connectivity index (χ0n) is 13.1. The van der Waals surface area contributed by atoms with Crippen molar-refractivity contribution in [1.82, 2.24) is 9.97 Å². The minimum Gasteiger partial charge on any atom is -0.378 e. The van der Waals surface area contributed by atoms with Gasteiger partial charge in [0, 0.05) is 39.8 Å². The quantitative estimate of drug-likeness (QED) is 0.834. The molecule has 0 unspecified atom stereocenters. The second-order valence-corrected chi connectivity index (χ2v) is 6.09. The first kappa shape index (κ1) is 14.5. The molecule has 21 heavy (non-hydrogen) atoms. The molecule has 3 rings (SSSR count). The Morgan fingerprint density at radius 2 is 2.24 bits per heavy atom. The summed E-state index contributed by atoms with van der Waals surface area (Å²) in [5.74, 6) is 1.90. The number of rotatable bonds is 4. The summed E-state index contributed by atoms with van der Waals surface area (Å²) >= 11 is 0. The second kappa shape index (κ2) is 5.77. The molecule has 0 aromatic carbocycles. The zero-order valence-corrected chi connectivity index (χ0v) is 13.1. The summed E-state index contributed by atoms with van der Waals surface area (Å²) in [5.41, 5.74) is -0.0404. The molecule has 3 heterocycles. The van der Waals surface area contributed by atoms with E-state index < -0.39 is 0 Å². The minimum atomic E-state index is -0.0404. The Balaban J connectivity index is 1.63. The third kappa shape index (κ3) is 2.96. The molecule has 2 aliphatic heterocycles. The van der Waals surface area contributed by atoms with Crippen molar-refractivity contribution >= 4 is 11.6 Å². The van der Waals surface area contributed by atoms with Crippen LogP contribution in [0.4, 0.5) is 11.6 Å². The van der Waals surface area contributed by atoms with Gasteiger partial charge in [-0.05, 0) is 13.3 Å². The number of nitrogens with zero attached hydrogens (tertiary/aromatic N) is 4. The van der Waals surface area contributed by atoms with E-state index in [-0.39, 0.29) is 5.60 Å². The van der Waals surface area contributed by atoms with Crippen LogP contribution in [0.5, 0.6) is 0 Å². The fraction of sp³-hybridized carbons (Fsp3) is 0.733. The zero-order chi connectivity index (χ0) is 14.9. The molecule has 0 saturated carbocycles. The third-order valence-electron chi connectivity index (χ3n) is 4.23. The largest absolute Gasteiger partial charge is 0.378 e. The maximum absolute atomic E-state index is 6.03. The van der Waals surface area contributed by atoms with E-state index in [2.05, 4.69) is 21.8 Å². The molecule has 1 spiro atoms. The molecule has 6 nitrogen and oxygen atoms in total. The Kier molecular flexibility index (Phi) is 3.99. The van der Waals surface area contributed by atoms with E-state index in [9.17, 15) is 0 Å². The number of hydrogen-bond acceptors (Lipinski definition) is 6. The lowest BCUT2D eigenvalue weighted by Gasteiger charge is -2.53. The van der Waals surface area contributed by atoms with E-state index in [1.807, 2.05) is 25.1 Å². The second-order valence-electron chi connectivity index (χ2n) is 6.09. The summed E-state index contributed by atoms with van der Waals surface area (Å²) in [6, 6.07) is 2.02. The number of anilines is 2. The van der Waals surface area contributed by atoms with Gasteiger partial charge in [-0.3, -0.25) is 0 Å². The van der Waals surface area contributed by atoms with Crippen molar-refractivity contribution in [1.29, 1.82) is 0 Å². The molecule has 0 radical (unpaired) electrons. The van der Waals surface area contributed by atoms with Crippen LogP contribution >= 0.6 is 0 Å². The average molecular weight is 292 g/mol. The Labute approximate surface area is 126 Å². The van der Waals surface area contributed by atoms with Crippen molar-refractivity contribution in [3.05, 3.63) is 12.4 Å². The first-order valence-corrected chi connectivity index (χ1v) is 7.62. The van der Waals surface area contributed by atoms with Crippen molar-refractivity contribution in [2.45, 2.75) is 31.5 Å². The van der Waals surface area contributed by atoms with Crippen molar-refractivity contribution in [2.75, 3.05) is 50.2 Å². The van der Waals surface area contributed by atoms with E-state index in [1.165, 1.54) is 0 Å². The van der Waals surface area contributed by atoms with Crippen LogP contribution in [0.15, 0.2) is 12.4 Å². The summed E-state index contributed by atoms with van der Waals surface area (Å²) in [7, 11) is 3.97. The molecule has 6 heteroatoms. The van der Waals surface area contributed by atoms with Crippen molar-refractivity contribution < 1.29 is 9.47 Å². The van der Waals surface area contributed by atoms with Crippen LogP contribution in [-0.4, -0.2) is 62.1 Å². The summed E-state index contributed by atoms with van der Waals surface area (Å²) in [4.78, 5) is 12.9. The molecule has 0 N–H and O–H groups in total. The lowest BCUT2D eigenvalue weighted by Crippen LogP contribution is -2.66. The highest BCUT2D eigenvalue weighted by molar-refractivity contribution is 5.52. The fourth-order valence-electron chi connectivity index (χ4n) is 3.15. The van der Waals surface area contributed by atoms with Crippen LogP contribution in [0.3, 0.4) is 0 Å². The number of ether oxygens (including phenoxy) is 2. The predicted molar refractivity (Wildman–Crippen MR) is 81.9 cm³/mol. The number of aromatic nitrogens is 2. The molecule has 116 valence electrons. The molecular weight excluding hydrogens is 268 g/mol. The molecule has 1 aromatic rings. The van der Waals surface area contributed by atoms with Gasteiger partial charge in [0.05, 0.1) is 19.2 Å². The van der Waals surface area contributed by atoms with Gasteiger partial charge in [0.15, 0.2) is 0 Å². The SMILES string of the molecule is CCO[C@@H]1CCOC2(C1)CN(c1cc(N(C)C)ncn1)C2.